The van der Waals surface area contributed by atoms with Gasteiger partial charge in [-0.2, -0.15) is 0 Å². The smallest absolute Gasteiger partial charge is 0.364 e. The minimum Gasteiger partial charge on any atom is -0.461 e. The number of hydrogen-bond acceptors (Lipinski definition) is 8. The van der Waals surface area contributed by atoms with Gasteiger partial charge in [0.25, 0.3) is 0 Å². The van der Waals surface area contributed by atoms with E-state index in [0.717, 1.165) is 12.8 Å². The van der Waals surface area contributed by atoms with Crippen molar-refractivity contribution in [2.75, 3.05) is 20.3 Å². The first-order valence-corrected chi connectivity index (χ1v) is 13.1. The van der Waals surface area contributed by atoms with Crippen LogP contribution < -0.4 is 5.73 Å². The van der Waals surface area contributed by atoms with Crippen molar-refractivity contribution in [1.82, 2.24) is 0 Å². The second-order valence-corrected chi connectivity index (χ2v) is 10.2. The zero-order valence-electron chi connectivity index (χ0n) is 21.6. The van der Waals surface area contributed by atoms with Gasteiger partial charge >= 0.3 is 5.97 Å². The lowest BCUT2D eigenvalue weighted by Crippen LogP contribution is -2.66. The summed E-state index contributed by atoms with van der Waals surface area (Å²) in [5.41, 5.74) is 3.93. The standard InChI is InChI=1S/C27H43NO8/c1-3-10-36-27(34)23(28)12-19-13-25(33)26(35-2)14-18(19)6-8-22(31)15-21(30)7-4-17-5-9-24(32)20(11-17)16-29/h4,6-8,17-20,23-26,29,32-33H,3,5,9-16,28H2,1-2H3/p+1/b7-4+,8-6+/t17?,18?,19?,20?,23-,24?,25?,26?/m0/s1. The van der Waals surface area contributed by atoms with Crippen molar-refractivity contribution in [2.45, 2.75) is 82.6 Å². The normalized spacial score (nSPS) is 32.0. The number of hydrogen-bond donors (Lipinski definition) is 4. The Bertz CT molecular complexity index is 782. The van der Waals surface area contributed by atoms with Crippen molar-refractivity contribution in [3.8, 4) is 0 Å². The molecule has 2 aliphatic rings. The second kappa shape index (κ2) is 15.4. The molecule has 0 saturated heterocycles. The molecule has 2 aliphatic carbocycles. The van der Waals surface area contributed by atoms with Gasteiger partial charge < -0.3 is 30.5 Å². The monoisotopic (exact) mass is 510 g/mol. The van der Waals surface area contributed by atoms with Crippen LogP contribution in [0.15, 0.2) is 24.3 Å². The number of esters is 1. The molecule has 6 N–H and O–H groups in total. The van der Waals surface area contributed by atoms with Crippen LogP contribution in [0, 0.1) is 23.7 Å². The van der Waals surface area contributed by atoms with Gasteiger partial charge in [-0.3, -0.25) is 9.59 Å². The molecule has 0 bridgehead atoms. The molecule has 8 atom stereocenters. The quantitative estimate of drug-likeness (QED) is 0.161. The van der Waals surface area contributed by atoms with Crippen molar-refractivity contribution in [2.24, 2.45) is 23.7 Å². The summed E-state index contributed by atoms with van der Waals surface area (Å²) in [6.45, 7) is 2.18. The highest BCUT2D eigenvalue weighted by Crippen LogP contribution is 2.35. The highest BCUT2D eigenvalue weighted by atomic mass is 16.5. The van der Waals surface area contributed by atoms with Gasteiger partial charge in [0.1, 0.15) is 0 Å². The first-order chi connectivity index (χ1) is 17.2. The zero-order valence-corrected chi connectivity index (χ0v) is 21.6. The van der Waals surface area contributed by atoms with Crippen LogP contribution >= 0.6 is 0 Å². The van der Waals surface area contributed by atoms with Crippen molar-refractivity contribution in [3.63, 3.8) is 0 Å². The molecule has 2 saturated carbocycles. The number of allylic oxidation sites excluding steroid dienone is 4. The molecule has 2 fully saturated rings. The van der Waals surface area contributed by atoms with E-state index in [1.54, 1.807) is 12.2 Å². The zero-order chi connectivity index (χ0) is 26.7. The number of aliphatic hydroxyl groups excluding tert-OH is 3. The molecule has 0 aromatic carbocycles. The molecule has 0 aliphatic heterocycles. The second-order valence-electron chi connectivity index (χ2n) is 10.2. The van der Waals surface area contributed by atoms with Gasteiger partial charge in [-0.1, -0.05) is 19.1 Å². The first kappa shape index (κ1) is 30.3. The predicted octanol–water partition coefficient (Wildman–Crippen LogP) is 0.753. The SMILES string of the molecule is CCCOC(=O)[C@@H]([NH3+])CC1CC(O)C(OC)CC1/C=C/C(=O)CC(=O)/C=C/C1CCC(O)C(CO)C1. The Morgan fingerprint density at radius 2 is 1.69 bits per heavy atom. The third kappa shape index (κ3) is 9.52. The van der Waals surface area contributed by atoms with Gasteiger partial charge in [-0.05, 0) is 68.4 Å². The van der Waals surface area contributed by atoms with Gasteiger partial charge in [-0.25, -0.2) is 4.79 Å². The molecule has 0 heterocycles. The highest BCUT2D eigenvalue weighted by molar-refractivity contribution is 6.08. The lowest BCUT2D eigenvalue weighted by atomic mass is 9.73. The van der Waals surface area contributed by atoms with Gasteiger partial charge in [0.2, 0.25) is 0 Å². The van der Waals surface area contributed by atoms with Crippen molar-refractivity contribution in [3.05, 3.63) is 24.3 Å². The fraction of sp³-hybridized carbons (Fsp3) is 0.741. The summed E-state index contributed by atoms with van der Waals surface area (Å²) in [5, 5.41) is 29.7. The van der Waals surface area contributed by atoms with Crippen LogP contribution in [0.2, 0.25) is 0 Å². The number of aliphatic hydroxyl groups is 3. The molecular formula is C27H44NO8+. The molecule has 0 radical (unpaired) electrons. The average Bonchev–Trinajstić information content (AvgIpc) is 2.86. The Kier molecular flexibility index (Phi) is 12.9. The Morgan fingerprint density at radius 1 is 1.00 bits per heavy atom. The van der Waals surface area contributed by atoms with E-state index in [-0.39, 0.29) is 60.3 Å². The largest absolute Gasteiger partial charge is 0.461 e. The summed E-state index contributed by atoms with van der Waals surface area (Å²) in [4.78, 5) is 37.0. The summed E-state index contributed by atoms with van der Waals surface area (Å²) in [7, 11) is 1.53. The Labute approximate surface area is 213 Å². The Hall–Kier alpha value is -1.91. The fourth-order valence-electron chi connectivity index (χ4n) is 5.22. The third-order valence-corrected chi connectivity index (χ3v) is 7.40. The lowest BCUT2D eigenvalue weighted by Gasteiger charge is -2.37. The van der Waals surface area contributed by atoms with Gasteiger partial charge in [0.15, 0.2) is 17.6 Å². The third-order valence-electron chi connectivity index (χ3n) is 7.40. The van der Waals surface area contributed by atoms with E-state index in [0.29, 0.717) is 38.7 Å². The van der Waals surface area contributed by atoms with E-state index in [1.807, 2.05) is 6.92 Å². The molecule has 0 spiro atoms. The fourth-order valence-corrected chi connectivity index (χ4v) is 5.22. The van der Waals surface area contributed by atoms with Crippen LogP contribution in [0.25, 0.3) is 0 Å². The van der Waals surface area contributed by atoms with E-state index in [2.05, 4.69) is 5.73 Å². The molecule has 0 amide bonds. The van der Waals surface area contributed by atoms with Crippen molar-refractivity contribution in [1.29, 1.82) is 0 Å². The van der Waals surface area contributed by atoms with Gasteiger partial charge in [0, 0.05) is 26.1 Å². The molecule has 204 valence electrons. The van der Waals surface area contributed by atoms with Crippen LogP contribution in [0.3, 0.4) is 0 Å². The Morgan fingerprint density at radius 3 is 2.33 bits per heavy atom. The first-order valence-electron chi connectivity index (χ1n) is 13.1. The lowest BCUT2D eigenvalue weighted by molar-refractivity contribution is -0.412. The average molecular weight is 511 g/mol. The minimum absolute atomic E-state index is 0.0798. The molecule has 9 nitrogen and oxygen atoms in total. The van der Waals surface area contributed by atoms with Crippen LogP contribution in [0.1, 0.15) is 58.3 Å². The number of ketones is 2. The van der Waals surface area contributed by atoms with Crippen LogP contribution in [0.4, 0.5) is 0 Å². The maximum absolute atomic E-state index is 12.5. The topological polar surface area (TPSA) is 158 Å². The summed E-state index contributed by atoms with van der Waals surface area (Å²) in [6, 6.07) is -0.572. The maximum Gasteiger partial charge on any atom is 0.364 e. The van der Waals surface area contributed by atoms with Crippen molar-refractivity contribution >= 4 is 17.5 Å². The van der Waals surface area contributed by atoms with Gasteiger partial charge in [0.05, 0.1) is 31.3 Å². The van der Waals surface area contributed by atoms with E-state index in [9.17, 15) is 29.7 Å². The summed E-state index contributed by atoms with van der Waals surface area (Å²) in [5.74, 6) is -1.25. The highest BCUT2D eigenvalue weighted by Gasteiger charge is 2.38. The van der Waals surface area contributed by atoms with Crippen molar-refractivity contribution < 1.29 is 44.9 Å². The molecule has 0 aromatic rings. The molecule has 7 unspecified atom stereocenters. The Balaban J connectivity index is 1.94. The maximum atomic E-state index is 12.5. The summed E-state index contributed by atoms with van der Waals surface area (Å²) >= 11 is 0. The number of quaternary nitrogens is 1. The number of rotatable bonds is 13. The summed E-state index contributed by atoms with van der Waals surface area (Å²) in [6.07, 6.45) is 8.59. The predicted molar refractivity (Wildman–Crippen MR) is 132 cm³/mol. The molecule has 36 heavy (non-hydrogen) atoms. The molecule has 9 heteroatoms. The van der Waals surface area contributed by atoms with E-state index in [1.165, 1.54) is 19.3 Å². The van der Waals surface area contributed by atoms with E-state index < -0.39 is 18.2 Å². The molecular weight excluding hydrogens is 466 g/mol. The van der Waals surface area contributed by atoms with E-state index >= 15 is 0 Å². The van der Waals surface area contributed by atoms with Gasteiger partial charge in [-0.15, -0.1) is 0 Å². The molecule has 2 rings (SSSR count). The van der Waals surface area contributed by atoms with Crippen LogP contribution in [-0.2, 0) is 23.9 Å². The molecule has 0 aromatic heterocycles. The number of ether oxygens (including phenoxy) is 2. The summed E-state index contributed by atoms with van der Waals surface area (Å²) < 4.78 is 10.6. The number of carbonyl (C=O) groups is 3. The van der Waals surface area contributed by atoms with E-state index in [4.69, 9.17) is 9.47 Å². The number of methoxy groups -OCH3 is 1. The number of carbonyl (C=O) groups excluding carboxylic acids is 3. The van der Waals surface area contributed by atoms with Crippen LogP contribution in [0.5, 0.6) is 0 Å². The van der Waals surface area contributed by atoms with Crippen LogP contribution in [-0.4, -0.2) is 77.5 Å². The minimum atomic E-state index is -0.669.